The summed E-state index contributed by atoms with van der Waals surface area (Å²) >= 11 is 20.9. The van der Waals surface area contributed by atoms with Gasteiger partial charge in [0.15, 0.2) is 10.3 Å². The summed E-state index contributed by atoms with van der Waals surface area (Å²) < 4.78 is 67.2. The summed E-state index contributed by atoms with van der Waals surface area (Å²) in [6, 6.07) is 23.4. The van der Waals surface area contributed by atoms with Crippen LogP contribution in [0.2, 0.25) is 15.1 Å². The summed E-state index contributed by atoms with van der Waals surface area (Å²) in [4.78, 5) is 42.5. The molecule has 4 fully saturated rings. The van der Waals surface area contributed by atoms with Crippen LogP contribution in [0, 0.1) is 6.92 Å². The van der Waals surface area contributed by atoms with E-state index in [4.69, 9.17) is 44.3 Å². The zero-order valence-electron chi connectivity index (χ0n) is 37.5. The molecule has 2 amide bonds. The fourth-order valence-electron chi connectivity index (χ4n) is 8.96. The molecule has 0 aliphatic carbocycles. The number of nitrogens with one attached hydrogen (secondary N) is 2. The third-order valence-corrected chi connectivity index (χ3v) is 17.7. The normalized spacial score (nSPS) is 21.4. The second-order valence-corrected chi connectivity index (χ2v) is 23.3. The number of amides is 2. The van der Waals surface area contributed by atoms with Crippen molar-refractivity contribution < 1.29 is 35.9 Å². The average molecular weight is 1090 g/mol. The highest BCUT2D eigenvalue weighted by atomic mass is 35.5. The van der Waals surface area contributed by atoms with Crippen molar-refractivity contribution in [2.24, 2.45) is 0 Å². The van der Waals surface area contributed by atoms with Gasteiger partial charge >= 0.3 is 0 Å². The lowest BCUT2D eigenvalue weighted by Gasteiger charge is -2.36. The number of aryl methyl sites for hydroxylation is 1. The Hall–Kier alpha value is -4.71. The van der Waals surface area contributed by atoms with Crippen molar-refractivity contribution in [2.45, 2.75) is 53.8 Å². The zero-order chi connectivity index (χ0) is 49.2. The first kappa shape index (κ1) is 50.2. The number of benzene rings is 4. The summed E-state index contributed by atoms with van der Waals surface area (Å²) in [6.45, 7) is 6.67. The number of carbonyl (C=O) groups excluding carboxylic acids is 2. The molecule has 2 N–H and O–H groups in total. The standard InChI is InChI=1S/C24H25ClN4O4S2.C23H22Cl2N4O4S2/c1-16-14-17(2-7-20(16)25)22-15-28(11-12-33-22)21-8-10-29(23(21)30)18-3-5-19(6-4-18)35(31,32)27-24-26-9-13-34-24;24-16-11-15(12-17(25)13-16)21-14-28(8-9-33-21)20-5-7-29(22(20)30)18-1-3-19(4-2-18)35(31,32)27-23-26-6-10-34-23/h2-7,9,13-14,21-22H,8,10-12,15H2,1H3,(H,26,27);1-4,6,10-13,20-21H,5,7-9,14H2,(H,26,27)/t21-,22+;20-,21+/m00/s1. The third kappa shape index (κ3) is 11.5. The molecule has 0 unspecified atom stereocenters. The molecule has 23 heteroatoms. The minimum Gasteiger partial charge on any atom is -0.371 e. The maximum absolute atomic E-state index is 13.3. The van der Waals surface area contributed by atoms with Crippen LogP contribution in [0.25, 0.3) is 0 Å². The number of hydrogen-bond donors (Lipinski definition) is 2. The lowest BCUT2D eigenvalue weighted by Crippen LogP contribution is -2.48. The molecule has 10 rings (SSSR count). The fourth-order valence-corrected chi connectivity index (χ4v) is 13.2. The van der Waals surface area contributed by atoms with Crippen molar-refractivity contribution in [2.75, 3.05) is 71.7 Å². The first-order valence-corrected chi connectivity index (χ1v) is 28.1. The van der Waals surface area contributed by atoms with Crippen LogP contribution in [0.5, 0.6) is 0 Å². The molecule has 4 aliphatic rings. The van der Waals surface area contributed by atoms with Crippen LogP contribution in [-0.2, 0) is 39.1 Å². The molecular formula is C47H47Cl3N8O8S4. The zero-order valence-corrected chi connectivity index (χ0v) is 43.0. The van der Waals surface area contributed by atoms with Crippen LogP contribution in [0.4, 0.5) is 21.6 Å². The lowest BCUT2D eigenvalue weighted by atomic mass is 10.0. The largest absolute Gasteiger partial charge is 0.371 e. The van der Waals surface area contributed by atoms with E-state index in [1.807, 2.05) is 37.3 Å². The number of morpholine rings is 2. The molecule has 4 aromatic carbocycles. The summed E-state index contributed by atoms with van der Waals surface area (Å²) in [6.07, 6.45) is 4.11. The molecule has 4 atom stereocenters. The summed E-state index contributed by atoms with van der Waals surface area (Å²) in [5, 5.41) is 5.81. The van der Waals surface area contributed by atoms with E-state index >= 15 is 0 Å². The second-order valence-electron chi connectivity index (χ2n) is 16.9. The van der Waals surface area contributed by atoms with Crippen molar-refractivity contribution in [3.8, 4) is 0 Å². The van der Waals surface area contributed by atoms with E-state index in [2.05, 4.69) is 29.2 Å². The Morgan fingerprint density at radius 1 is 0.600 bits per heavy atom. The highest BCUT2D eigenvalue weighted by Gasteiger charge is 2.41. The molecule has 0 spiro atoms. The van der Waals surface area contributed by atoms with Gasteiger partial charge in [0.2, 0.25) is 11.8 Å². The molecule has 0 radical (unpaired) electrons. The van der Waals surface area contributed by atoms with Gasteiger partial charge in [-0.3, -0.25) is 28.8 Å². The van der Waals surface area contributed by atoms with Crippen LogP contribution >= 0.6 is 57.5 Å². The molecule has 4 aliphatic heterocycles. The average Bonchev–Trinajstić information content (AvgIpc) is 4.20. The van der Waals surface area contributed by atoms with Gasteiger partial charge in [0.05, 0.1) is 47.3 Å². The minimum absolute atomic E-state index is 0.00806. The molecule has 70 heavy (non-hydrogen) atoms. The Balaban J connectivity index is 0.000000174. The van der Waals surface area contributed by atoms with Crippen molar-refractivity contribution in [1.82, 2.24) is 19.8 Å². The Labute approximate surface area is 429 Å². The molecule has 0 saturated carbocycles. The molecule has 6 heterocycles. The number of anilines is 4. The van der Waals surface area contributed by atoms with Gasteiger partial charge in [0.1, 0.15) is 0 Å². The first-order chi connectivity index (χ1) is 33.6. The maximum atomic E-state index is 13.3. The van der Waals surface area contributed by atoms with Crippen molar-refractivity contribution in [1.29, 1.82) is 0 Å². The van der Waals surface area contributed by atoms with Crippen LogP contribution < -0.4 is 19.2 Å². The SMILES string of the molecule is Cc1cc([C@H]2CN([C@H]3CCN(c4ccc(S(=O)(=O)Nc5nccs5)cc4)C3=O)CCO2)ccc1Cl.O=C1[C@@H](N2CCO[C@@H](c3cc(Cl)cc(Cl)c3)C2)CCN1c1ccc(S(=O)(=O)Nc2nccs2)cc1. The number of hydrogen-bond acceptors (Lipinski definition) is 14. The summed E-state index contributed by atoms with van der Waals surface area (Å²) in [7, 11) is -7.49. The van der Waals surface area contributed by atoms with E-state index < -0.39 is 20.0 Å². The van der Waals surface area contributed by atoms with Crippen LogP contribution in [0.1, 0.15) is 41.7 Å². The minimum atomic E-state index is -3.75. The number of halogens is 3. The van der Waals surface area contributed by atoms with Gasteiger partial charge in [-0.05, 0) is 109 Å². The monoisotopic (exact) mass is 1080 g/mol. The Bertz CT molecular complexity index is 3030. The first-order valence-electron chi connectivity index (χ1n) is 22.2. The molecule has 368 valence electrons. The molecule has 16 nitrogen and oxygen atoms in total. The van der Waals surface area contributed by atoms with Gasteiger partial charge in [-0.25, -0.2) is 26.8 Å². The Kier molecular flexibility index (Phi) is 15.5. The predicted octanol–water partition coefficient (Wildman–Crippen LogP) is 8.51. The molecule has 6 aromatic rings. The topological polar surface area (TPSA) is 184 Å². The van der Waals surface area contributed by atoms with Gasteiger partial charge in [0, 0.05) is 88.9 Å². The highest BCUT2D eigenvalue weighted by molar-refractivity contribution is 7.93. The predicted molar refractivity (Wildman–Crippen MR) is 273 cm³/mol. The number of aromatic nitrogens is 2. The van der Waals surface area contributed by atoms with Crippen molar-refractivity contribution >= 4 is 111 Å². The highest BCUT2D eigenvalue weighted by Crippen LogP contribution is 2.34. The van der Waals surface area contributed by atoms with E-state index in [-0.39, 0.29) is 45.9 Å². The number of nitrogens with zero attached hydrogens (tertiary/aromatic N) is 6. The number of thiazole rings is 2. The van der Waals surface area contributed by atoms with Crippen LogP contribution in [0.3, 0.4) is 0 Å². The summed E-state index contributed by atoms with van der Waals surface area (Å²) in [5.74, 6) is 0.0146. The van der Waals surface area contributed by atoms with E-state index in [0.717, 1.165) is 21.7 Å². The van der Waals surface area contributed by atoms with E-state index in [0.29, 0.717) is 97.0 Å². The second kappa shape index (κ2) is 21.6. The molecular weight excluding hydrogens is 1040 g/mol. The Morgan fingerprint density at radius 2 is 1.06 bits per heavy atom. The maximum Gasteiger partial charge on any atom is 0.263 e. The van der Waals surface area contributed by atoms with Gasteiger partial charge in [-0.1, -0.05) is 46.9 Å². The van der Waals surface area contributed by atoms with Crippen molar-refractivity contribution in [3.63, 3.8) is 0 Å². The summed E-state index contributed by atoms with van der Waals surface area (Å²) in [5.41, 5.74) is 4.29. The Morgan fingerprint density at radius 3 is 1.49 bits per heavy atom. The number of sulfonamides is 2. The van der Waals surface area contributed by atoms with E-state index in [1.165, 1.54) is 59.3 Å². The molecule has 2 aromatic heterocycles. The lowest BCUT2D eigenvalue weighted by molar-refractivity contribution is -0.125. The quantitative estimate of drug-likeness (QED) is 0.119. The fraction of sp³-hybridized carbons (Fsp3) is 0.319. The van der Waals surface area contributed by atoms with E-state index in [9.17, 15) is 26.4 Å². The number of ether oxygens (including phenoxy) is 2. The number of carbonyl (C=O) groups is 2. The third-order valence-electron chi connectivity index (χ3n) is 12.5. The van der Waals surface area contributed by atoms with Crippen LogP contribution in [0.15, 0.2) is 118 Å². The van der Waals surface area contributed by atoms with Crippen molar-refractivity contribution in [3.05, 3.63) is 140 Å². The number of rotatable bonds is 12. The smallest absolute Gasteiger partial charge is 0.263 e. The van der Waals surface area contributed by atoms with E-state index in [1.54, 1.807) is 50.9 Å². The molecule has 0 bridgehead atoms. The van der Waals surface area contributed by atoms with Gasteiger partial charge in [0.25, 0.3) is 20.0 Å². The van der Waals surface area contributed by atoms with Gasteiger partial charge in [-0.2, -0.15) is 0 Å². The molecule has 4 saturated heterocycles. The van der Waals surface area contributed by atoms with Gasteiger partial charge < -0.3 is 19.3 Å². The van der Waals surface area contributed by atoms with Crippen LogP contribution in [-0.4, -0.2) is 113 Å². The van der Waals surface area contributed by atoms with Gasteiger partial charge in [-0.15, -0.1) is 22.7 Å².